The first-order chi connectivity index (χ1) is 56.8. The number of anilines is 7. The highest BCUT2D eigenvalue weighted by atomic mass is 16.5. The summed E-state index contributed by atoms with van der Waals surface area (Å²) in [5.74, 6) is 4.33. The number of carbonyl (C=O) groups is 3. The van der Waals surface area contributed by atoms with Gasteiger partial charge in [-0.15, -0.1) is 0 Å². The molecule has 612 valence electrons. The molecule has 3 amide bonds. The van der Waals surface area contributed by atoms with Crippen molar-refractivity contribution in [2.75, 3.05) is 193 Å². The third kappa shape index (κ3) is 17.1. The number of likely N-dealkylation sites (tertiary alicyclic amines) is 2. The third-order valence-electron chi connectivity index (χ3n) is 25.1. The van der Waals surface area contributed by atoms with Crippen molar-refractivity contribution < 1.29 is 39.2 Å². The van der Waals surface area contributed by atoms with Crippen LogP contribution in [0.15, 0.2) is 147 Å². The standard InChI is InChI=1S/C31H38N6O3.C30H36N6O3.C29H35N7O2/c1-4-29(39)35-14-16-36(17-15-35)30-25-11-13-37(28-19-23(38)18-22-8-5-6-9-24(22)28)20-26(25)32-31(33-30)40-21(2)27-10-7-12-34(27)3;1-3-28(38)34-13-15-35(16-14-34)29-25-10-12-36(27-18-23(37)17-21-7-4-5-9-24(21)27)19-26(25)31-30(32-29)39-20-22-8-6-11-33(22)2;1-4-27(38)33-11-13-34(14-12-33)28-24-9-10-35(26-16-22(37)15-20-7-5-6-8-23(20)26)19-25(24)30-29(31-28)36-17-21(18-36)32(2)3/h4-6,8-9,18-19,21,27,38H,1,7,10-17,20H2,2-3H3;3-5,7,9,17-18,22,37H,1,6,8,10-16,19-20H2,2H3;4-8,15-16,21,37H,1,9-14,17-19H2,2-3H3/t21-,27-;22-;/m10./s1. The molecular formula is C90H109N19O8. The maximum atomic E-state index is 12.2. The minimum absolute atomic E-state index is 0.0145. The minimum Gasteiger partial charge on any atom is -0.508 e. The van der Waals surface area contributed by atoms with Gasteiger partial charge >= 0.3 is 12.0 Å². The average Bonchev–Trinajstić information content (AvgIpc) is 1.77. The lowest BCUT2D eigenvalue weighted by atomic mass is 10.0. The van der Waals surface area contributed by atoms with Gasteiger partial charge in [-0.05, 0) is 146 Å². The molecule has 0 spiro atoms. The average molecular weight is 1580 g/mol. The van der Waals surface area contributed by atoms with E-state index in [0.717, 1.165) is 192 Å². The van der Waals surface area contributed by atoms with E-state index in [1.807, 2.05) is 93.6 Å². The number of phenols is 3. The van der Waals surface area contributed by atoms with Crippen LogP contribution < -0.4 is 43.8 Å². The zero-order valence-corrected chi connectivity index (χ0v) is 68.1. The van der Waals surface area contributed by atoms with Gasteiger partial charge in [-0.3, -0.25) is 19.3 Å². The minimum atomic E-state index is -0.0323. The van der Waals surface area contributed by atoms with Crippen molar-refractivity contribution >= 4 is 90.5 Å². The largest absolute Gasteiger partial charge is 0.508 e. The van der Waals surface area contributed by atoms with E-state index in [1.165, 1.54) is 36.6 Å². The van der Waals surface area contributed by atoms with Crippen LogP contribution in [0.3, 0.4) is 0 Å². The highest BCUT2D eigenvalue weighted by Gasteiger charge is 2.38. The van der Waals surface area contributed by atoms with Crippen molar-refractivity contribution in [1.82, 2.24) is 59.3 Å². The fraction of sp³-hybridized carbons (Fsp3) is 0.433. The summed E-state index contributed by atoms with van der Waals surface area (Å²) >= 11 is 0. The Morgan fingerprint density at radius 2 is 0.846 bits per heavy atom. The molecule has 6 fully saturated rings. The molecule has 6 aromatic carbocycles. The number of phenolic OH excluding ortho intramolecular Hbond substituents is 3. The molecule has 0 unspecified atom stereocenters. The first-order valence-electron chi connectivity index (χ1n) is 41.5. The van der Waals surface area contributed by atoms with Crippen molar-refractivity contribution in [3.63, 3.8) is 0 Å². The molecule has 3 atom stereocenters. The number of aromatic nitrogens is 6. The molecule has 6 saturated heterocycles. The monoisotopic (exact) mass is 1580 g/mol. The summed E-state index contributed by atoms with van der Waals surface area (Å²) in [6, 6.07) is 37.5. The van der Waals surface area contributed by atoms with Crippen LogP contribution in [0.4, 0.5) is 40.5 Å². The van der Waals surface area contributed by atoms with Gasteiger partial charge in [0.2, 0.25) is 23.7 Å². The van der Waals surface area contributed by atoms with Gasteiger partial charge < -0.3 is 83.6 Å². The Bertz CT molecular complexity index is 5190. The summed E-state index contributed by atoms with van der Waals surface area (Å²) in [4.78, 5) is 95.0. The molecule has 0 radical (unpaired) electrons. The molecule has 12 heterocycles. The van der Waals surface area contributed by atoms with Crippen molar-refractivity contribution in [1.29, 1.82) is 0 Å². The van der Waals surface area contributed by atoms with Crippen LogP contribution in [-0.2, 0) is 53.3 Å². The number of fused-ring (bicyclic) bond motifs is 6. The van der Waals surface area contributed by atoms with E-state index in [4.69, 9.17) is 39.4 Å². The fourth-order valence-corrected chi connectivity index (χ4v) is 18.3. The lowest BCUT2D eigenvalue weighted by Crippen LogP contribution is -2.58. The number of amides is 3. The van der Waals surface area contributed by atoms with Gasteiger partial charge in [0.25, 0.3) is 0 Å². The molecule has 9 aliphatic rings. The van der Waals surface area contributed by atoms with Crippen LogP contribution in [0.2, 0.25) is 0 Å². The van der Waals surface area contributed by atoms with Gasteiger partial charge in [0.15, 0.2) is 0 Å². The lowest BCUT2D eigenvalue weighted by Gasteiger charge is -2.44. The van der Waals surface area contributed by atoms with Gasteiger partial charge in [0.05, 0.1) is 36.7 Å². The van der Waals surface area contributed by atoms with Gasteiger partial charge in [0.1, 0.15) is 47.4 Å². The normalized spacial score (nSPS) is 19.5. The summed E-state index contributed by atoms with van der Waals surface area (Å²) < 4.78 is 12.7. The molecule has 0 bridgehead atoms. The smallest absolute Gasteiger partial charge is 0.318 e. The maximum absolute atomic E-state index is 12.2. The van der Waals surface area contributed by atoms with E-state index < -0.39 is 0 Å². The zero-order chi connectivity index (χ0) is 81.1. The van der Waals surface area contributed by atoms with Gasteiger partial charge in [-0.2, -0.15) is 24.9 Å². The topological polar surface area (TPSA) is 250 Å². The Hall–Kier alpha value is -11.6. The molecule has 9 aromatic rings. The quantitative estimate of drug-likeness (QED) is 0.0718. The summed E-state index contributed by atoms with van der Waals surface area (Å²) in [5, 5.41) is 37.8. The van der Waals surface area contributed by atoms with Crippen LogP contribution in [0.5, 0.6) is 29.3 Å². The molecule has 0 aliphatic carbocycles. The lowest BCUT2D eigenvalue weighted by molar-refractivity contribution is -0.127. The fourth-order valence-electron chi connectivity index (χ4n) is 18.3. The number of likely N-dealkylation sites (N-methyl/N-ethyl adjacent to an activating group) is 3. The second kappa shape index (κ2) is 34.7. The third-order valence-corrected chi connectivity index (χ3v) is 25.1. The number of nitrogens with zero attached hydrogens (tertiary/aromatic N) is 19. The van der Waals surface area contributed by atoms with Crippen LogP contribution in [0, 0.1) is 0 Å². The van der Waals surface area contributed by atoms with Crippen molar-refractivity contribution in [3.8, 4) is 29.3 Å². The Kier molecular flexibility index (Phi) is 23.5. The number of piperazine rings is 3. The van der Waals surface area contributed by atoms with Crippen molar-refractivity contribution in [3.05, 3.63) is 181 Å². The Balaban J connectivity index is 0.000000131. The van der Waals surface area contributed by atoms with E-state index in [9.17, 15) is 29.7 Å². The van der Waals surface area contributed by atoms with Crippen molar-refractivity contribution in [2.45, 2.75) is 95.7 Å². The molecule has 27 heteroatoms. The van der Waals surface area contributed by atoms with E-state index in [-0.39, 0.29) is 41.1 Å². The Morgan fingerprint density at radius 3 is 1.24 bits per heavy atom. The van der Waals surface area contributed by atoms with E-state index in [1.54, 1.807) is 12.1 Å². The molecule has 0 saturated carbocycles. The highest BCUT2D eigenvalue weighted by molar-refractivity contribution is 5.98. The number of rotatable bonds is 17. The van der Waals surface area contributed by atoms with Crippen LogP contribution in [-0.4, -0.2) is 276 Å². The number of carbonyl (C=O) groups excluding carboxylic acids is 3. The molecule has 3 aromatic heterocycles. The van der Waals surface area contributed by atoms with Crippen LogP contribution in [0.1, 0.15) is 66.4 Å². The number of hydrogen-bond donors (Lipinski definition) is 3. The first-order valence-corrected chi connectivity index (χ1v) is 41.5. The number of benzene rings is 6. The number of ether oxygens (including phenoxy) is 2. The summed E-state index contributed by atoms with van der Waals surface area (Å²) in [6.07, 6.45) is 11.1. The van der Waals surface area contributed by atoms with E-state index in [2.05, 4.69) is 122 Å². The summed E-state index contributed by atoms with van der Waals surface area (Å²) in [6.45, 7) is 30.0. The Labute approximate surface area is 684 Å². The van der Waals surface area contributed by atoms with Gasteiger partial charge in [-0.1, -0.05) is 92.5 Å². The van der Waals surface area contributed by atoms with E-state index in [0.29, 0.717) is 122 Å². The summed E-state index contributed by atoms with van der Waals surface area (Å²) in [7, 11) is 8.52. The second-order valence-electron chi connectivity index (χ2n) is 32.5. The highest BCUT2D eigenvalue weighted by Crippen LogP contribution is 2.42. The second-order valence-corrected chi connectivity index (χ2v) is 32.5. The molecule has 117 heavy (non-hydrogen) atoms. The molecular weight excluding hydrogens is 1480 g/mol. The molecule has 3 N–H and O–H groups in total. The number of hydrogen-bond acceptors (Lipinski definition) is 24. The SMILES string of the molecule is C=CC(=O)N1CCN(c2nc(N3CC(N(C)C)C3)nc3c2CCN(c2cc(O)cc4ccccc24)C3)CC1.C=CC(=O)N1CCN(c2nc(OC[C@@H]3CCCN3C)nc3c2CCN(c2cc(O)cc4ccccc24)C3)CC1.C=CC(=O)N1CCN(c2nc(O[C@H](C)[C@H]3CCCN3C)nc3c2CCN(c2cc(O)cc4ccccc24)C3)CC1. The molecule has 18 rings (SSSR count). The molecule has 27 nitrogen and oxygen atoms in total. The van der Waals surface area contributed by atoms with Gasteiger partial charge in [0, 0.05) is 197 Å². The number of aromatic hydroxyl groups is 3. The van der Waals surface area contributed by atoms with E-state index >= 15 is 0 Å². The predicted octanol–water partition coefficient (Wildman–Crippen LogP) is 9.28. The first kappa shape index (κ1) is 79.3. The summed E-state index contributed by atoms with van der Waals surface area (Å²) in [5.41, 5.74) is 9.47. The van der Waals surface area contributed by atoms with Crippen LogP contribution >= 0.6 is 0 Å². The Morgan fingerprint density at radius 1 is 0.462 bits per heavy atom. The van der Waals surface area contributed by atoms with Gasteiger partial charge in [-0.25, -0.2) is 4.98 Å². The van der Waals surface area contributed by atoms with Crippen LogP contribution in [0.25, 0.3) is 32.3 Å². The zero-order valence-electron chi connectivity index (χ0n) is 68.1. The van der Waals surface area contributed by atoms with Crippen molar-refractivity contribution in [2.24, 2.45) is 0 Å². The predicted molar refractivity (Wildman–Crippen MR) is 461 cm³/mol. The molecule has 9 aliphatic heterocycles. The maximum Gasteiger partial charge on any atom is 0.318 e.